The van der Waals surface area contributed by atoms with E-state index in [1.54, 1.807) is 24.3 Å². The van der Waals surface area contributed by atoms with Gasteiger partial charge in [0.1, 0.15) is 17.4 Å². The highest BCUT2D eigenvalue weighted by Gasteiger charge is 2.36. The smallest absolute Gasteiger partial charge is 0.282 e. The minimum atomic E-state index is -1.19. The molecular weight excluding hydrogens is 570 g/mol. The van der Waals surface area contributed by atoms with Crippen LogP contribution < -0.4 is 9.64 Å². The summed E-state index contributed by atoms with van der Waals surface area (Å²) in [4.78, 5) is 51.1. The van der Waals surface area contributed by atoms with Gasteiger partial charge < -0.3 is 4.74 Å². The molecule has 0 aromatic heterocycles. The van der Waals surface area contributed by atoms with Gasteiger partial charge >= 0.3 is 0 Å². The van der Waals surface area contributed by atoms with E-state index in [2.05, 4.69) is 22.9 Å². The van der Waals surface area contributed by atoms with Crippen LogP contribution in [0.5, 0.6) is 5.75 Å². The fraction of sp³-hybridized carbons (Fsp3) is 0.286. The molecule has 1 atom stereocenters. The predicted octanol–water partition coefficient (Wildman–Crippen LogP) is 7.20. The van der Waals surface area contributed by atoms with Crippen molar-refractivity contribution in [2.75, 3.05) is 12.0 Å². The molecule has 3 aromatic carbocycles. The first-order chi connectivity index (χ1) is 18.7. The molecule has 10 nitrogen and oxygen atoms in total. The number of nitrogens with zero attached hydrogens (tertiary/aromatic N) is 3. The quantitative estimate of drug-likeness (QED) is 0.115. The van der Waals surface area contributed by atoms with Crippen LogP contribution in [0.2, 0.25) is 0 Å². The largest absolute Gasteiger partial charge is 0.497 e. The lowest BCUT2D eigenvalue weighted by Gasteiger charge is -2.31. The zero-order valence-electron chi connectivity index (χ0n) is 21.5. The van der Waals surface area contributed by atoms with E-state index in [-0.39, 0.29) is 29.2 Å². The van der Waals surface area contributed by atoms with Crippen LogP contribution in [0.3, 0.4) is 0 Å². The number of ether oxygens (including phenoxy) is 1. The third-order valence-corrected chi connectivity index (χ3v) is 6.74. The fourth-order valence-corrected chi connectivity index (χ4v) is 4.47. The molecule has 0 aliphatic carbocycles. The molecule has 0 N–H and O–H groups in total. The molecule has 11 heteroatoms. The number of hydrogen-bond donors (Lipinski definition) is 0. The number of ketones is 1. The van der Waals surface area contributed by atoms with Crippen LogP contribution in [0, 0.1) is 20.2 Å². The molecule has 0 fully saturated rings. The van der Waals surface area contributed by atoms with Crippen molar-refractivity contribution in [2.24, 2.45) is 0 Å². The highest BCUT2D eigenvalue weighted by Crippen LogP contribution is 2.35. The summed E-state index contributed by atoms with van der Waals surface area (Å²) in [5.74, 6) is -0.840. The lowest BCUT2D eigenvalue weighted by atomic mass is 9.95. The Labute approximate surface area is 234 Å². The third kappa shape index (κ3) is 7.26. The summed E-state index contributed by atoms with van der Waals surface area (Å²) in [5, 5.41) is 23.1. The minimum Gasteiger partial charge on any atom is -0.497 e. The maximum absolute atomic E-state index is 14.2. The fourth-order valence-electron chi connectivity index (χ4n) is 4.21. The average molecular weight is 598 g/mol. The molecule has 39 heavy (non-hydrogen) atoms. The van der Waals surface area contributed by atoms with Crippen LogP contribution in [-0.2, 0) is 4.79 Å². The first kappa shape index (κ1) is 29.4. The number of hydrogen-bond acceptors (Lipinski definition) is 7. The Morgan fingerprint density at radius 1 is 0.923 bits per heavy atom. The molecule has 3 rings (SSSR count). The summed E-state index contributed by atoms with van der Waals surface area (Å²) in [6.07, 6.45) is 3.49. The molecule has 0 saturated heterocycles. The zero-order chi connectivity index (χ0) is 28.5. The number of carbonyl (C=O) groups is 2. The van der Waals surface area contributed by atoms with Gasteiger partial charge in [-0.15, -0.1) is 0 Å². The summed E-state index contributed by atoms with van der Waals surface area (Å²) < 4.78 is 5.94. The summed E-state index contributed by atoms with van der Waals surface area (Å²) in [5.41, 5.74) is -0.194. The Bertz CT molecular complexity index is 1340. The van der Waals surface area contributed by atoms with Gasteiger partial charge in [0, 0.05) is 34.8 Å². The van der Waals surface area contributed by atoms with Crippen molar-refractivity contribution < 1.29 is 24.2 Å². The number of benzene rings is 3. The molecule has 0 aliphatic rings. The predicted molar refractivity (Wildman–Crippen MR) is 150 cm³/mol. The van der Waals surface area contributed by atoms with Gasteiger partial charge in [0.05, 0.1) is 17.0 Å². The highest BCUT2D eigenvalue weighted by atomic mass is 79.9. The van der Waals surface area contributed by atoms with Crippen LogP contribution in [0.1, 0.15) is 61.0 Å². The van der Waals surface area contributed by atoms with Crippen molar-refractivity contribution in [1.82, 2.24) is 0 Å². The van der Waals surface area contributed by atoms with E-state index in [0.717, 1.165) is 23.7 Å². The van der Waals surface area contributed by atoms with Crippen molar-refractivity contribution in [3.05, 3.63) is 103 Å². The van der Waals surface area contributed by atoms with E-state index < -0.39 is 27.5 Å². The third-order valence-electron chi connectivity index (χ3n) is 6.21. The highest BCUT2D eigenvalue weighted by molar-refractivity contribution is 9.10. The molecule has 0 aliphatic heterocycles. The molecule has 204 valence electrons. The Morgan fingerprint density at radius 3 is 2.15 bits per heavy atom. The van der Waals surface area contributed by atoms with E-state index in [1.165, 1.54) is 54.5 Å². The Hall–Kier alpha value is -4.12. The van der Waals surface area contributed by atoms with Crippen molar-refractivity contribution in [3.63, 3.8) is 0 Å². The first-order valence-corrected chi connectivity index (χ1v) is 13.2. The molecule has 0 bridgehead atoms. The average Bonchev–Trinajstić information content (AvgIpc) is 2.93. The van der Waals surface area contributed by atoms with E-state index in [4.69, 9.17) is 4.74 Å². The summed E-state index contributed by atoms with van der Waals surface area (Å²) in [6.45, 7) is 2.05. The molecule has 0 saturated carbocycles. The molecule has 1 amide bonds. The van der Waals surface area contributed by atoms with E-state index in [1.807, 2.05) is 0 Å². The second-order valence-corrected chi connectivity index (χ2v) is 9.74. The van der Waals surface area contributed by atoms with Gasteiger partial charge in [-0.2, -0.15) is 0 Å². The first-order valence-electron chi connectivity index (χ1n) is 12.4. The maximum atomic E-state index is 14.2. The van der Waals surface area contributed by atoms with Crippen LogP contribution >= 0.6 is 15.9 Å². The van der Waals surface area contributed by atoms with Gasteiger partial charge in [-0.3, -0.25) is 34.7 Å². The van der Waals surface area contributed by atoms with Crippen LogP contribution in [0.4, 0.5) is 17.1 Å². The summed E-state index contributed by atoms with van der Waals surface area (Å²) in [6, 6.07) is 14.7. The van der Waals surface area contributed by atoms with Crippen molar-refractivity contribution in [3.8, 4) is 5.75 Å². The Balaban J connectivity index is 2.22. The van der Waals surface area contributed by atoms with Gasteiger partial charge in [-0.05, 0) is 60.5 Å². The standard InChI is InChI=1S/C28H28BrN3O7/c1-3-4-5-6-7-26(33)27(19-8-12-22(13-9-19)31(35)36)30(21-14-10-20(29)11-15-21)28(34)24-18-23(39-2)16-17-25(24)32(37)38/h8-18,27H,3-7H2,1-2H3. The topological polar surface area (TPSA) is 133 Å². The zero-order valence-corrected chi connectivity index (χ0v) is 23.1. The van der Waals surface area contributed by atoms with E-state index in [9.17, 15) is 29.8 Å². The van der Waals surface area contributed by atoms with Gasteiger partial charge in [-0.1, -0.05) is 42.1 Å². The number of halogens is 1. The van der Waals surface area contributed by atoms with Gasteiger partial charge in [0.2, 0.25) is 0 Å². The number of rotatable bonds is 13. The van der Waals surface area contributed by atoms with Crippen LogP contribution in [0.25, 0.3) is 0 Å². The Morgan fingerprint density at radius 2 is 1.59 bits per heavy atom. The number of unbranched alkanes of at least 4 members (excludes halogenated alkanes) is 3. The van der Waals surface area contributed by atoms with Crippen molar-refractivity contribution in [2.45, 2.75) is 45.1 Å². The van der Waals surface area contributed by atoms with Gasteiger partial charge in [0.25, 0.3) is 17.3 Å². The van der Waals surface area contributed by atoms with Crippen LogP contribution in [0.15, 0.2) is 71.2 Å². The number of non-ortho nitro benzene ring substituents is 1. The maximum Gasteiger partial charge on any atom is 0.282 e. The number of anilines is 1. The van der Waals surface area contributed by atoms with E-state index >= 15 is 0 Å². The van der Waals surface area contributed by atoms with E-state index in [0.29, 0.717) is 17.7 Å². The molecule has 0 heterocycles. The normalized spacial score (nSPS) is 11.5. The molecule has 0 radical (unpaired) electrons. The number of nitro groups is 2. The minimum absolute atomic E-state index is 0.155. The summed E-state index contributed by atoms with van der Waals surface area (Å²) >= 11 is 3.37. The Kier molecular flexibility index (Phi) is 10.3. The molecular formula is C28H28BrN3O7. The van der Waals surface area contributed by atoms with Crippen molar-refractivity contribution >= 4 is 44.7 Å². The second-order valence-electron chi connectivity index (χ2n) is 8.82. The monoisotopic (exact) mass is 597 g/mol. The van der Waals surface area contributed by atoms with Gasteiger partial charge in [-0.25, -0.2) is 0 Å². The lowest BCUT2D eigenvalue weighted by molar-refractivity contribution is -0.385. The summed E-state index contributed by atoms with van der Waals surface area (Å²) in [7, 11) is 1.38. The SMILES string of the molecule is CCCCCCC(=O)C(c1ccc([N+](=O)[O-])cc1)N(C(=O)c1cc(OC)ccc1[N+](=O)[O-])c1ccc(Br)cc1. The number of Topliss-reactive ketones (excluding diaryl/α,β-unsaturated/α-hetero) is 1. The van der Waals surface area contributed by atoms with Crippen molar-refractivity contribution in [1.29, 1.82) is 0 Å². The lowest BCUT2D eigenvalue weighted by Crippen LogP contribution is -2.39. The number of nitro benzene ring substituents is 2. The number of carbonyl (C=O) groups excluding carboxylic acids is 2. The number of methoxy groups -OCH3 is 1. The molecule has 1 unspecified atom stereocenters. The molecule has 3 aromatic rings. The van der Waals surface area contributed by atoms with Crippen LogP contribution in [-0.4, -0.2) is 28.6 Å². The second kappa shape index (κ2) is 13.6. The van der Waals surface area contributed by atoms with Gasteiger partial charge in [0.15, 0.2) is 5.78 Å². The molecule has 0 spiro atoms. The number of amides is 1.